The molecule has 1 aromatic heterocycles. The monoisotopic (exact) mass is 261 g/mol. The minimum Gasteiger partial charge on any atom is -0.383 e. The fraction of sp³-hybridized carbons (Fsp3) is 0.600. The zero-order valence-corrected chi connectivity index (χ0v) is 12.0. The molecule has 2 rings (SSSR count). The Kier molecular flexibility index (Phi) is 4.40. The Morgan fingerprint density at radius 1 is 1.53 bits per heavy atom. The number of aromatic nitrogens is 1. The second-order valence-corrected chi connectivity index (χ2v) is 5.73. The van der Waals surface area contributed by atoms with Crippen LogP contribution in [0.2, 0.25) is 0 Å². The number of amides is 1. The summed E-state index contributed by atoms with van der Waals surface area (Å²) >= 11 is 0. The quantitative estimate of drug-likeness (QED) is 0.910. The second-order valence-electron chi connectivity index (χ2n) is 5.73. The van der Waals surface area contributed by atoms with Crippen molar-refractivity contribution in [3.63, 3.8) is 0 Å². The van der Waals surface area contributed by atoms with Crippen LogP contribution in [0.4, 0.5) is 5.69 Å². The molecule has 4 heteroatoms. The number of likely N-dealkylation sites (tertiary alicyclic amines) is 1. The van der Waals surface area contributed by atoms with Gasteiger partial charge in [0.1, 0.15) is 5.69 Å². The number of carbonyl (C=O) groups excluding carboxylic acids is 1. The van der Waals surface area contributed by atoms with Crippen molar-refractivity contribution in [2.24, 2.45) is 5.92 Å². The number of pyridine rings is 1. The summed E-state index contributed by atoms with van der Waals surface area (Å²) in [5.41, 5.74) is 1.50. The Hall–Kier alpha value is -1.58. The number of rotatable bonds is 3. The Morgan fingerprint density at radius 2 is 2.32 bits per heavy atom. The maximum Gasteiger partial charge on any atom is 0.272 e. The van der Waals surface area contributed by atoms with Gasteiger partial charge in [-0.15, -0.1) is 0 Å². The minimum atomic E-state index is 0.0546. The lowest BCUT2D eigenvalue weighted by molar-refractivity contribution is 0.0677. The highest BCUT2D eigenvalue weighted by atomic mass is 16.2. The zero-order valence-electron chi connectivity index (χ0n) is 12.0. The first kappa shape index (κ1) is 13.8. The molecule has 0 spiro atoms. The van der Waals surface area contributed by atoms with Gasteiger partial charge >= 0.3 is 0 Å². The maximum atomic E-state index is 12.4. The highest BCUT2D eigenvalue weighted by Crippen LogP contribution is 2.18. The SMILES string of the molecule is CC1CCCN(C(=O)c2cc(NC(C)C)ccn2)C1. The third kappa shape index (κ3) is 3.69. The van der Waals surface area contributed by atoms with Gasteiger partial charge in [-0.2, -0.15) is 0 Å². The number of piperidine rings is 1. The molecule has 0 aromatic carbocycles. The van der Waals surface area contributed by atoms with Crippen molar-refractivity contribution in [1.82, 2.24) is 9.88 Å². The molecule has 1 N–H and O–H groups in total. The second kappa shape index (κ2) is 6.04. The van der Waals surface area contributed by atoms with Gasteiger partial charge in [0, 0.05) is 31.0 Å². The molecular weight excluding hydrogens is 238 g/mol. The third-order valence-electron chi connectivity index (χ3n) is 3.38. The van der Waals surface area contributed by atoms with Crippen LogP contribution in [0.15, 0.2) is 18.3 Å². The molecule has 1 fully saturated rings. The van der Waals surface area contributed by atoms with E-state index in [0.29, 0.717) is 17.7 Å². The predicted octanol–water partition coefficient (Wildman–Crippen LogP) is 2.77. The molecule has 2 heterocycles. The fourth-order valence-corrected chi connectivity index (χ4v) is 2.51. The Bertz CT molecular complexity index is 445. The number of carbonyl (C=O) groups is 1. The summed E-state index contributed by atoms with van der Waals surface area (Å²) in [5.74, 6) is 0.647. The van der Waals surface area contributed by atoms with Crippen LogP contribution < -0.4 is 5.32 Å². The van der Waals surface area contributed by atoms with Gasteiger partial charge in [0.2, 0.25) is 0 Å². The third-order valence-corrected chi connectivity index (χ3v) is 3.38. The topological polar surface area (TPSA) is 45.2 Å². The van der Waals surface area contributed by atoms with E-state index in [1.165, 1.54) is 6.42 Å². The normalized spacial score (nSPS) is 19.6. The first-order chi connectivity index (χ1) is 9.06. The number of nitrogens with one attached hydrogen (secondary N) is 1. The van der Waals surface area contributed by atoms with E-state index in [1.807, 2.05) is 17.0 Å². The Labute approximate surface area is 115 Å². The highest BCUT2D eigenvalue weighted by molar-refractivity contribution is 5.93. The van der Waals surface area contributed by atoms with Gasteiger partial charge in [0.25, 0.3) is 5.91 Å². The van der Waals surface area contributed by atoms with Crippen molar-refractivity contribution >= 4 is 11.6 Å². The molecule has 1 aliphatic rings. The molecule has 0 aliphatic carbocycles. The summed E-state index contributed by atoms with van der Waals surface area (Å²) in [6.45, 7) is 8.06. The van der Waals surface area contributed by atoms with Crippen molar-refractivity contribution in [2.75, 3.05) is 18.4 Å². The maximum absolute atomic E-state index is 12.4. The highest BCUT2D eigenvalue weighted by Gasteiger charge is 2.22. The van der Waals surface area contributed by atoms with Crippen LogP contribution in [0.5, 0.6) is 0 Å². The van der Waals surface area contributed by atoms with E-state index in [9.17, 15) is 4.79 Å². The van der Waals surface area contributed by atoms with Crippen molar-refractivity contribution in [2.45, 2.75) is 39.7 Å². The Balaban J connectivity index is 2.10. The molecule has 0 bridgehead atoms. The molecule has 4 nitrogen and oxygen atoms in total. The van der Waals surface area contributed by atoms with E-state index < -0.39 is 0 Å². The predicted molar refractivity (Wildman–Crippen MR) is 77.3 cm³/mol. The van der Waals surface area contributed by atoms with Crippen molar-refractivity contribution in [3.05, 3.63) is 24.0 Å². The zero-order chi connectivity index (χ0) is 13.8. The van der Waals surface area contributed by atoms with Gasteiger partial charge in [-0.1, -0.05) is 6.92 Å². The average Bonchev–Trinajstić information content (AvgIpc) is 2.37. The smallest absolute Gasteiger partial charge is 0.272 e. The van der Waals surface area contributed by atoms with Crippen molar-refractivity contribution < 1.29 is 4.79 Å². The molecule has 0 radical (unpaired) electrons. The van der Waals surface area contributed by atoms with Crippen LogP contribution in [0.3, 0.4) is 0 Å². The molecule has 1 aliphatic heterocycles. The van der Waals surface area contributed by atoms with Crippen LogP contribution >= 0.6 is 0 Å². The van der Waals surface area contributed by atoms with Crippen molar-refractivity contribution in [1.29, 1.82) is 0 Å². The van der Waals surface area contributed by atoms with Gasteiger partial charge in [-0.3, -0.25) is 9.78 Å². The molecule has 1 unspecified atom stereocenters. The van der Waals surface area contributed by atoms with E-state index in [-0.39, 0.29) is 5.91 Å². The molecule has 1 saturated heterocycles. The summed E-state index contributed by atoms with van der Waals surface area (Å²) in [4.78, 5) is 18.6. The lowest BCUT2D eigenvalue weighted by atomic mass is 10.00. The Morgan fingerprint density at radius 3 is 3.00 bits per heavy atom. The largest absolute Gasteiger partial charge is 0.383 e. The van der Waals surface area contributed by atoms with Gasteiger partial charge in [-0.05, 0) is 44.7 Å². The summed E-state index contributed by atoms with van der Waals surface area (Å²) in [6.07, 6.45) is 4.01. The molecule has 1 aromatic rings. The summed E-state index contributed by atoms with van der Waals surface area (Å²) in [7, 11) is 0. The molecule has 19 heavy (non-hydrogen) atoms. The van der Waals surface area contributed by atoms with Crippen LogP contribution in [0, 0.1) is 5.92 Å². The van der Waals surface area contributed by atoms with Crippen LogP contribution in [0.25, 0.3) is 0 Å². The average molecular weight is 261 g/mol. The molecule has 1 atom stereocenters. The van der Waals surface area contributed by atoms with Crippen LogP contribution in [-0.2, 0) is 0 Å². The van der Waals surface area contributed by atoms with Gasteiger partial charge in [-0.25, -0.2) is 0 Å². The van der Waals surface area contributed by atoms with Gasteiger partial charge < -0.3 is 10.2 Å². The van der Waals surface area contributed by atoms with Crippen molar-refractivity contribution in [3.8, 4) is 0 Å². The molecule has 1 amide bonds. The van der Waals surface area contributed by atoms with E-state index in [2.05, 4.69) is 31.1 Å². The number of nitrogens with zero attached hydrogens (tertiary/aromatic N) is 2. The van der Waals surface area contributed by atoms with E-state index >= 15 is 0 Å². The van der Waals surface area contributed by atoms with Gasteiger partial charge in [0.15, 0.2) is 0 Å². The standard InChI is InChI=1S/C15H23N3O/c1-11(2)17-13-6-7-16-14(9-13)15(19)18-8-4-5-12(3)10-18/h6-7,9,11-12H,4-5,8,10H2,1-3H3,(H,16,17). The molecule has 0 saturated carbocycles. The summed E-state index contributed by atoms with van der Waals surface area (Å²) < 4.78 is 0. The van der Waals surface area contributed by atoms with Crippen LogP contribution in [-0.4, -0.2) is 34.9 Å². The summed E-state index contributed by atoms with van der Waals surface area (Å²) in [6, 6.07) is 4.09. The number of anilines is 1. The lowest BCUT2D eigenvalue weighted by Gasteiger charge is -2.30. The molecular formula is C15H23N3O. The minimum absolute atomic E-state index is 0.0546. The fourth-order valence-electron chi connectivity index (χ4n) is 2.51. The van der Waals surface area contributed by atoms with Crippen LogP contribution in [0.1, 0.15) is 44.1 Å². The number of hydrogen-bond acceptors (Lipinski definition) is 3. The van der Waals surface area contributed by atoms with E-state index in [0.717, 1.165) is 25.2 Å². The molecule has 104 valence electrons. The van der Waals surface area contributed by atoms with E-state index in [4.69, 9.17) is 0 Å². The summed E-state index contributed by atoms with van der Waals surface area (Å²) in [5, 5.41) is 3.30. The first-order valence-electron chi connectivity index (χ1n) is 7.08. The number of hydrogen-bond donors (Lipinski definition) is 1. The van der Waals surface area contributed by atoms with E-state index in [1.54, 1.807) is 6.20 Å². The lowest BCUT2D eigenvalue weighted by Crippen LogP contribution is -2.39. The van der Waals surface area contributed by atoms with Gasteiger partial charge in [0.05, 0.1) is 0 Å². The first-order valence-corrected chi connectivity index (χ1v) is 7.08.